The number of anilines is 1. The molecule has 4 rings (SSSR count). The lowest BCUT2D eigenvalue weighted by Crippen LogP contribution is -2.45. The molecule has 0 spiro atoms. The van der Waals surface area contributed by atoms with Crippen LogP contribution in [0.3, 0.4) is 0 Å². The van der Waals surface area contributed by atoms with E-state index in [2.05, 4.69) is 10.6 Å². The topological polar surface area (TPSA) is 105 Å². The number of ether oxygens (including phenoxy) is 1. The van der Waals surface area contributed by atoms with Gasteiger partial charge in [0.2, 0.25) is 0 Å². The van der Waals surface area contributed by atoms with Gasteiger partial charge in [0.25, 0.3) is 5.91 Å². The molecular weight excluding hydrogens is 451 g/mol. The zero-order chi connectivity index (χ0) is 25.2. The van der Waals surface area contributed by atoms with E-state index in [1.807, 2.05) is 48.5 Å². The van der Waals surface area contributed by atoms with Crippen LogP contribution in [-0.2, 0) is 9.53 Å². The van der Waals surface area contributed by atoms with Crippen molar-refractivity contribution in [3.8, 4) is 11.1 Å². The summed E-state index contributed by atoms with van der Waals surface area (Å²) in [6, 6.07) is 19.5. The molecule has 3 N–H and O–H groups in total. The molecule has 180 valence electrons. The number of fused-ring (bicyclic) bond motifs is 3. The van der Waals surface area contributed by atoms with Crippen LogP contribution >= 0.6 is 0 Å². The molecule has 0 radical (unpaired) electrons. The van der Waals surface area contributed by atoms with Crippen molar-refractivity contribution in [2.75, 3.05) is 11.9 Å². The molecule has 3 aromatic carbocycles. The van der Waals surface area contributed by atoms with Crippen LogP contribution in [-0.4, -0.2) is 35.2 Å². The van der Waals surface area contributed by atoms with Crippen molar-refractivity contribution in [2.24, 2.45) is 0 Å². The Kier molecular flexibility index (Phi) is 6.55. The molecule has 1 aliphatic carbocycles. The molecule has 1 aliphatic rings. The maximum Gasteiger partial charge on any atom is 0.411 e. The Labute approximate surface area is 201 Å². The van der Waals surface area contributed by atoms with Gasteiger partial charge in [-0.15, -0.1) is 0 Å². The van der Waals surface area contributed by atoms with E-state index >= 15 is 0 Å². The van der Waals surface area contributed by atoms with Gasteiger partial charge in [0, 0.05) is 17.1 Å². The van der Waals surface area contributed by atoms with Crippen molar-refractivity contribution < 1.29 is 28.6 Å². The molecule has 8 heteroatoms. The molecule has 0 saturated heterocycles. The predicted molar refractivity (Wildman–Crippen MR) is 129 cm³/mol. The van der Waals surface area contributed by atoms with Crippen molar-refractivity contribution in [1.82, 2.24) is 5.32 Å². The minimum Gasteiger partial charge on any atom is -0.481 e. The largest absolute Gasteiger partial charge is 0.481 e. The van der Waals surface area contributed by atoms with Gasteiger partial charge in [-0.25, -0.2) is 9.18 Å². The number of benzene rings is 3. The second-order valence-corrected chi connectivity index (χ2v) is 9.05. The van der Waals surface area contributed by atoms with E-state index in [4.69, 9.17) is 9.84 Å². The maximum absolute atomic E-state index is 14.3. The number of carboxylic acid groups (broad SMARTS) is 1. The van der Waals surface area contributed by atoms with E-state index in [0.717, 1.165) is 28.3 Å². The molecule has 0 heterocycles. The zero-order valence-electron chi connectivity index (χ0n) is 19.3. The first-order valence-corrected chi connectivity index (χ1v) is 11.1. The van der Waals surface area contributed by atoms with Gasteiger partial charge in [0.05, 0.1) is 12.0 Å². The normalized spacial score (nSPS) is 12.4. The second kappa shape index (κ2) is 9.58. The molecule has 0 atom stereocenters. The number of rotatable bonds is 7. The molecule has 0 aromatic heterocycles. The smallest absolute Gasteiger partial charge is 0.411 e. The van der Waals surface area contributed by atoms with E-state index in [1.165, 1.54) is 26.0 Å². The second-order valence-electron chi connectivity index (χ2n) is 9.05. The lowest BCUT2D eigenvalue weighted by molar-refractivity contribution is -0.138. The number of carbonyl (C=O) groups is 3. The summed E-state index contributed by atoms with van der Waals surface area (Å²) in [4.78, 5) is 36.0. The molecule has 0 aliphatic heterocycles. The summed E-state index contributed by atoms with van der Waals surface area (Å²) in [5.41, 5.74) is 3.13. The number of hydrogen-bond acceptors (Lipinski definition) is 4. The van der Waals surface area contributed by atoms with Gasteiger partial charge in [-0.1, -0.05) is 48.5 Å². The van der Waals surface area contributed by atoms with Gasteiger partial charge in [-0.3, -0.25) is 14.9 Å². The summed E-state index contributed by atoms with van der Waals surface area (Å²) in [5, 5.41) is 14.0. The first-order valence-electron chi connectivity index (χ1n) is 11.1. The van der Waals surface area contributed by atoms with Crippen LogP contribution in [0.2, 0.25) is 0 Å². The molecule has 3 aromatic rings. The van der Waals surface area contributed by atoms with E-state index in [9.17, 15) is 18.8 Å². The van der Waals surface area contributed by atoms with E-state index in [-0.39, 0.29) is 30.2 Å². The van der Waals surface area contributed by atoms with Crippen molar-refractivity contribution in [3.05, 3.63) is 89.2 Å². The third-order valence-corrected chi connectivity index (χ3v) is 5.85. The quantitative estimate of drug-likeness (QED) is 0.436. The van der Waals surface area contributed by atoms with Crippen LogP contribution in [0.4, 0.5) is 14.9 Å². The highest BCUT2D eigenvalue weighted by Crippen LogP contribution is 2.44. The van der Waals surface area contributed by atoms with Gasteiger partial charge < -0.3 is 15.2 Å². The first-order chi connectivity index (χ1) is 16.6. The van der Waals surface area contributed by atoms with Crippen molar-refractivity contribution in [3.63, 3.8) is 0 Å². The molecule has 2 amide bonds. The number of nitrogens with one attached hydrogen (secondary N) is 2. The fraction of sp³-hybridized carbons (Fsp3) is 0.222. The SMILES string of the molecule is CC(C)(CC(=O)O)NC(=O)c1cc(NC(=O)OCC2c3ccccc3-c3ccccc32)ccc1F. The minimum absolute atomic E-state index is 0.109. The first kappa shape index (κ1) is 23.9. The van der Waals surface area contributed by atoms with E-state index in [1.54, 1.807) is 0 Å². The zero-order valence-corrected chi connectivity index (χ0v) is 19.3. The molecule has 0 unspecified atom stereocenters. The third kappa shape index (κ3) is 5.32. The average Bonchev–Trinajstić information content (AvgIpc) is 3.11. The minimum atomic E-state index is -1.10. The van der Waals surface area contributed by atoms with E-state index < -0.39 is 29.3 Å². The van der Waals surface area contributed by atoms with Gasteiger partial charge in [0.15, 0.2) is 0 Å². The van der Waals surface area contributed by atoms with E-state index in [0.29, 0.717) is 0 Å². The lowest BCUT2D eigenvalue weighted by atomic mass is 9.98. The third-order valence-electron chi connectivity index (χ3n) is 5.85. The van der Waals surface area contributed by atoms with Crippen LogP contribution < -0.4 is 10.6 Å². The highest BCUT2D eigenvalue weighted by Gasteiger charge is 2.29. The molecule has 0 fully saturated rings. The monoisotopic (exact) mass is 476 g/mol. The number of carboxylic acids is 1. The van der Waals surface area contributed by atoms with Crippen LogP contribution in [0.15, 0.2) is 66.7 Å². The molecular formula is C27H25FN2O5. The number of halogens is 1. The number of amides is 2. The van der Waals surface area contributed by atoms with Gasteiger partial charge in [-0.05, 0) is 54.3 Å². The Morgan fingerprint density at radius 1 is 0.971 bits per heavy atom. The maximum atomic E-state index is 14.3. The van der Waals surface area contributed by atoms with Crippen LogP contribution in [0, 0.1) is 5.82 Å². The molecule has 0 bridgehead atoms. The molecule has 0 saturated carbocycles. The van der Waals surface area contributed by atoms with Crippen molar-refractivity contribution >= 4 is 23.7 Å². The lowest BCUT2D eigenvalue weighted by Gasteiger charge is -2.24. The molecule has 7 nitrogen and oxygen atoms in total. The summed E-state index contributed by atoms with van der Waals surface area (Å²) in [6.45, 7) is 3.16. The Bertz CT molecular complexity index is 1260. The molecule has 35 heavy (non-hydrogen) atoms. The highest BCUT2D eigenvalue weighted by atomic mass is 19.1. The van der Waals surface area contributed by atoms with Gasteiger partial charge in [-0.2, -0.15) is 0 Å². The van der Waals surface area contributed by atoms with Crippen molar-refractivity contribution in [1.29, 1.82) is 0 Å². The fourth-order valence-electron chi connectivity index (χ4n) is 4.33. The van der Waals surface area contributed by atoms with Gasteiger partial charge >= 0.3 is 12.1 Å². The fourth-order valence-corrected chi connectivity index (χ4v) is 4.33. The van der Waals surface area contributed by atoms with Crippen LogP contribution in [0.1, 0.15) is 47.7 Å². The Hall–Kier alpha value is -4.20. The van der Waals surface area contributed by atoms with Crippen molar-refractivity contribution in [2.45, 2.75) is 31.7 Å². The summed E-state index contributed by atoms with van der Waals surface area (Å²) in [6.07, 6.45) is -1.08. The summed E-state index contributed by atoms with van der Waals surface area (Å²) in [7, 11) is 0. The Morgan fingerprint density at radius 2 is 1.57 bits per heavy atom. The number of hydrogen-bond donors (Lipinski definition) is 3. The Balaban J connectivity index is 1.43. The predicted octanol–water partition coefficient (Wildman–Crippen LogP) is 5.17. The summed E-state index contributed by atoms with van der Waals surface area (Å²) < 4.78 is 19.8. The average molecular weight is 477 g/mol. The number of aliphatic carboxylic acids is 1. The Morgan fingerprint density at radius 3 is 2.17 bits per heavy atom. The van der Waals surface area contributed by atoms with Gasteiger partial charge in [0.1, 0.15) is 12.4 Å². The summed E-state index contributed by atoms with van der Waals surface area (Å²) >= 11 is 0. The standard InChI is InChI=1S/C27H25FN2O5/c1-27(2,14-24(31)32)30-25(33)21-13-16(11-12-23(21)28)29-26(34)35-15-22-19-9-5-3-7-17(19)18-8-4-6-10-20(18)22/h3-13,22H,14-15H2,1-2H3,(H,29,34)(H,30,33)(H,31,32). The highest BCUT2D eigenvalue weighted by molar-refractivity contribution is 5.97. The van der Waals surface area contributed by atoms with Crippen LogP contribution in [0.5, 0.6) is 0 Å². The number of carbonyl (C=O) groups excluding carboxylic acids is 2. The van der Waals surface area contributed by atoms with Crippen LogP contribution in [0.25, 0.3) is 11.1 Å². The summed E-state index contributed by atoms with van der Waals surface area (Å²) in [5.74, 6) is -2.79.